The van der Waals surface area contributed by atoms with Gasteiger partial charge in [-0.25, -0.2) is 9.03 Å². The Hall–Kier alpha value is -3.73. The Morgan fingerprint density at radius 1 is 0.827 bits per heavy atom. The van der Waals surface area contributed by atoms with Crippen LogP contribution < -0.4 is 27.4 Å². The number of halogens is 2. The van der Waals surface area contributed by atoms with Gasteiger partial charge in [0.05, 0.1) is 45.9 Å². The van der Waals surface area contributed by atoms with Crippen molar-refractivity contribution in [1.29, 1.82) is 0 Å². The standard InChI is InChI=1S/C20H26BrN5O3.C16H20BrN5O/c1-10-14-9-25(19(28)20(2,3)29)7-11(14)4-15(10)24-17-13(18(22)27)6-23-26-8-12(21)5-16(17)26;1-8-11-5-19-4-9(11)2-13(8)21-15-12(16(18)23)6-20-22-7-10(17)3-14(15)22/h5-6,8,10-11,14-15,24,29H,4,7,9H2,1-3H3,(H2,22,27);3,6-9,11,13,19,21H,2,4-5H2,1H3,(H2,18,23)/t10-,11-,14-,15-;8-,9-,11-,13-/m11/s1. The Balaban J connectivity index is 0.000000166. The van der Waals surface area contributed by atoms with Crippen molar-refractivity contribution in [2.24, 2.45) is 47.0 Å². The van der Waals surface area contributed by atoms with Crippen molar-refractivity contribution in [3.63, 3.8) is 0 Å². The molecule has 2 aliphatic heterocycles. The lowest BCUT2D eigenvalue weighted by Gasteiger charge is -2.28. The minimum atomic E-state index is -1.35. The van der Waals surface area contributed by atoms with E-state index in [-0.39, 0.29) is 11.9 Å². The van der Waals surface area contributed by atoms with Gasteiger partial charge in [-0.15, -0.1) is 0 Å². The van der Waals surface area contributed by atoms with Gasteiger partial charge in [0.2, 0.25) is 0 Å². The number of carbonyl (C=O) groups excluding carboxylic acids is 3. The molecule has 3 amide bonds. The average molecular weight is 843 g/mol. The Bertz CT molecular complexity index is 2040. The SMILES string of the molecule is C[C@@H]1[C@H]2CN(C(=O)C(C)(C)O)C[C@H]2C[C@H]1Nc1c(C(N)=O)cnn2cc(Br)cc12.C[C@@H]1[C@H]2CNC[C@H]2C[C@H]1Nc1c(C(N)=O)cnn2cc(Br)cc12. The number of anilines is 2. The smallest absolute Gasteiger partial charge is 0.253 e. The van der Waals surface area contributed by atoms with Crippen molar-refractivity contribution in [1.82, 2.24) is 29.4 Å². The number of aliphatic hydroxyl groups is 1. The number of aromatic nitrogens is 4. The summed E-state index contributed by atoms with van der Waals surface area (Å²) in [5, 5.41) is 29.2. The highest BCUT2D eigenvalue weighted by molar-refractivity contribution is 9.10. The summed E-state index contributed by atoms with van der Waals surface area (Å²) in [7, 11) is 0. The highest BCUT2D eigenvalue weighted by atomic mass is 79.9. The van der Waals surface area contributed by atoms with Gasteiger partial charge in [0, 0.05) is 46.5 Å². The Labute approximate surface area is 318 Å². The van der Waals surface area contributed by atoms with Crippen LogP contribution >= 0.6 is 31.9 Å². The molecular formula is C36H46Br2N10O4. The molecule has 0 aromatic carbocycles. The number of hydrogen-bond donors (Lipinski definition) is 6. The summed E-state index contributed by atoms with van der Waals surface area (Å²) < 4.78 is 5.27. The summed E-state index contributed by atoms with van der Waals surface area (Å²) in [6.45, 7) is 11.0. The molecular weight excluding hydrogens is 796 g/mol. The number of nitrogens with zero attached hydrogens (tertiary/aromatic N) is 5. The van der Waals surface area contributed by atoms with Crippen LogP contribution in [0.5, 0.6) is 0 Å². The van der Waals surface area contributed by atoms with Crippen LogP contribution in [0.1, 0.15) is 61.3 Å². The van der Waals surface area contributed by atoms with Crippen molar-refractivity contribution in [2.75, 3.05) is 36.8 Å². The van der Waals surface area contributed by atoms with Crippen molar-refractivity contribution >= 4 is 72.0 Å². The summed E-state index contributed by atoms with van der Waals surface area (Å²) >= 11 is 6.93. The number of nitrogens with two attached hydrogens (primary N) is 2. The maximum atomic E-state index is 12.4. The quantitative estimate of drug-likeness (QED) is 0.161. The maximum absolute atomic E-state index is 12.4. The summed E-state index contributed by atoms with van der Waals surface area (Å²) in [4.78, 5) is 38.0. The summed E-state index contributed by atoms with van der Waals surface area (Å²) in [6, 6.07) is 4.38. The predicted molar refractivity (Wildman–Crippen MR) is 205 cm³/mol. The lowest BCUT2D eigenvalue weighted by molar-refractivity contribution is -0.147. The molecule has 0 bridgehead atoms. The fraction of sp³-hybridized carbons (Fsp3) is 0.528. The van der Waals surface area contributed by atoms with Gasteiger partial charge in [-0.05, 0) is 119 Å². The lowest BCUT2D eigenvalue weighted by Crippen LogP contribution is -2.45. The monoisotopic (exact) mass is 840 g/mol. The van der Waals surface area contributed by atoms with E-state index in [0.29, 0.717) is 65.5 Å². The lowest BCUT2D eigenvalue weighted by atomic mass is 9.93. The Kier molecular flexibility index (Phi) is 9.80. The molecule has 52 heavy (non-hydrogen) atoms. The third-order valence-electron chi connectivity index (χ3n) is 11.8. The van der Waals surface area contributed by atoms with Crippen LogP contribution in [-0.2, 0) is 4.79 Å². The normalized spacial score (nSPS) is 28.1. The minimum Gasteiger partial charge on any atom is -0.381 e. The van der Waals surface area contributed by atoms with Gasteiger partial charge in [0.15, 0.2) is 0 Å². The molecule has 0 spiro atoms. The number of fused-ring (bicyclic) bond motifs is 4. The summed E-state index contributed by atoms with van der Waals surface area (Å²) in [5.41, 5.74) is 13.8. The van der Waals surface area contributed by atoms with Crippen LogP contribution in [0, 0.1) is 35.5 Å². The number of primary amides is 2. The van der Waals surface area contributed by atoms with E-state index in [4.69, 9.17) is 11.5 Å². The maximum Gasteiger partial charge on any atom is 0.253 e. The van der Waals surface area contributed by atoms with E-state index in [1.165, 1.54) is 20.0 Å². The van der Waals surface area contributed by atoms with Gasteiger partial charge in [0.25, 0.3) is 17.7 Å². The fourth-order valence-electron chi connectivity index (χ4n) is 9.08. The molecule has 2 saturated heterocycles. The van der Waals surface area contributed by atoms with Crippen LogP contribution in [0.2, 0.25) is 0 Å². The number of carbonyl (C=O) groups is 3. The van der Waals surface area contributed by atoms with Gasteiger partial charge in [-0.1, -0.05) is 13.8 Å². The third kappa shape index (κ3) is 6.78. The van der Waals surface area contributed by atoms with E-state index < -0.39 is 17.4 Å². The van der Waals surface area contributed by atoms with Gasteiger partial charge in [-0.3, -0.25) is 14.4 Å². The highest BCUT2D eigenvalue weighted by Gasteiger charge is 2.49. The zero-order valence-electron chi connectivity index (χ0n) is 29.6. The van der Waals surface area contributed by atoms with Crippen molar-refractivity contribution in [2.45, 2.75) is 58.2 Å². The van der Waals surface area contributed by atoms with Crippen LogP contribution in [0.4, 0.5) is 11.4 Å². The molecule has 8 N–H and O–H groups in total. The second-order valence-electron chi connectivity index (χ2n) is 15.5. The first-order valence-electron chi connectivity index (χ1n) is 17.8. The molecule has 2 aliphatic carbocycles. The zero-order valence-corrected chi connectivity index (χ0v) is 32.8. The average Bonchev–Trinajstić information content (AvgIpc) is 3.91. The van der Waals surface area contributed by atoms with Crippen LogP contribution in [0.15, 0.2) is 45.9 Å². The second kappa shape index (κ2) is 13.9. The van der Waals surface area contributed by atoms with Crippen molar-refractivity contribution in [3.05, 3.63) is 57.0 Å². The fourth-order valence-corrected chi connectivity index (χ4v) is 9.90. The number of amides is 3. The van der Waals surface area contributed by atoms with Gasteiger partial charge in [0.1, 0.15) is 5.60 Å². The molecule has 4 aliphatic rings. The summed E-state index contributed by atoms with van der Waals surface area (Å²) in [5.74, 6) is 1.81. The molecule has 4 aromatic heterocycles. The van der Waals surface area contributed by atoms with Crippen molar-refractivity contribution < 1.29 is 19.5 Å². The van der Waals surface area contributed by atoms with Gasteiger partial charge in [-0.2, -0.15) is 10.2 Å². The molecule has 8 atom stereocenters. The first-order valence-corrected chi connectivity index (χ1v) is 19.4. The minimum absolute atomic E-state index is 0.155. The number of rotatable bonds is 7. The zero-order chi connectivity index (χ0) is 37.2. The van der Waals surface area contributed by atoms with E-state index in [2.05, 4.69) is 71.9 Å². The van der Waals surface area contributed by atoms with E-state index in [1.807, 2.05) is 24.5 Å². The number of nitrogens with one attached hydrogen (secondary N) is 3. The number of hydrogen-bond acceptors (Lipinski definition) is 9. The first kappa shape index (κ1) is 36.6. The first-order chi connectivity index (χ1) is 24.6. The van der Waals surface area contributed by atoms with Gasteiger partial charge >= 0.3 is 0 Å². The molecule has 16 heteroatoms. The van der Waals surface area contributed by atoms with E-state index in [9.17, 15) is 19.5 Å². The molecule has 0 unspecified atom stereocenters. The van der Waals surface area contributed by atoms with E-state index >= 15 is 0 Å². The largest absolute Gasteiger partial charge is 0.381 e. The molecule has 8 rings (SSSR count). The van der Waals surface area contributed by atoms with Crippen LogP contribution in [0.25, 0.3) is 11.0 Å². The number of likely N-dealkylation sites (tertiary alicyclic amines) is 1. The molecule has 14 nitrogen and oxygen atoms in total. The highest BCUT2D eigenvalue weighted by Crippen LogP contribution is 2.45. The van der Waals surface area contributed by atoms with Crippen LogP contribution in [0.3, 0.4) is 0 Å². The molecule has 4 aromatic rings. The Morgan fingerprint density at radius 3 is 1.79 bits per heavy atom. The Morgan fingerprint density at radius 2 is 1.33 bits per heavy atom. The predicted octanol–water partition coefficient (Wildman–Crippen LogP) is 3.71. The molecule has 4 fully saturated rings. The second-order valence-corrected chi connectivity index (χ2v) is 17.4. The molecule has 278 valence electrons. The van der Waals surface area contributed by atoms with Crippen molar-refractivity contribution in [3.8, 4) is 0 Å². The van der Waals surface area contributed by atoms with Crippen LogP contribution in [-0.4, -0.2) is 90.8 Å². The van der Waals surface area contributed by atoms with E-state index in [0.717, 1.165) is 57.5 Å². The molecule has 2 saturated carbocycles. The topological polar surface area (TPSA) is 197 Å². The molecule has 6 heterocycles. The van der Waals surface area contributed by atoms with Gasteiger partial charge < -0.3 is 37.4 Å². The third-order valence-corrected chi connectivity index (χ3v) is 12.7. The summed E-state index contributed by atoms with van der Waals surface area (Å²) in [6.07, 6.45) is 8.75. The molecule has 0 radical (unpaired) electrons. The van der Waals surface area contributed by atoms with E-state index in [1.54, 1.807) is 20.1 Å².